The Kier molecular flexibility index (Phi) is 4.34. The van der Waals surface area contributed by atoms with Gasteiger partial charge in [0.25, 0.3) is 0 Å². The Balaban J connectivity index is 1.82. The first-order valence-electron chi connectivity index (χ1n) is 6.93. The second-order valence-electron chi connectivity index (χ2n) is 4.87. The molecule has 1 atom stereocenters. The van der Waals surface area contributed by atoms with Crippen LogP contribution in [0.2, 0.25) is 0 Å². The monoisotopic (exact) mass is 295 g/mol. The third kappa shape index (κ3) is 3.32. The van der Waals surface area contributed by atoms with Crippen LogP contribution in [0, 0.1) is 0 Å². The third-order valence-electron chi connectivity index (χ3n) is 3.45. The lowest BCUT2D eigenvalue weighted by atomic mass is 10.0. The van der Waals surface area contributed by atoms with Gasteiger partial charge in [0.05, 0.1) is 6.04 Å². The van der Waals surface area contributed by atoms with E-state index < -0.39 is 0 Å². The van der Waals surface area contributed by atoms with Crippen LogP contribution < -0.4 is 5.32 Å². The van der Waals surface area contributed by atoms with E-state index >= 15 is 0 Å². The summed E-state index contributed by atoms with van der Waals surface area (Å²) in [6.45, 7) is 0.629. The first-order valence-corrected chi connectivity index (χ1v) is 7.81. The number of nitrogens with one attached hydrogen (secondary N) is 1. The maximum atomic E-state index is 9.89. The molecule has 3 heteroatoms. The minimum absolute atomic E-state index is 0.144. The first kappa shape index (κ1) is 13.9. The number of thiophene rings is 1. The van der Waals surface area contributed by atoms with E-state index in [0.29, 0.717) is 12.3 Å². The molecule has 3 rings (SSSR count). The summed E-state index contributed by atoms with van der Waals surface area (Å²) < 4.78 is 0. The Labute approximate surface area is 128 Å². The van der Waals surface area contributed by atoms with Gasteiger partial charge in [-0.25, -0.2) is 0 Å². The number of aromatic hydroxyl groups is 1. The lowest BCUT2D eigenvalue weighted by molar-refractivity contribution is 0.462. The van der Waals surface area contributed by atoms with Gasteiger partial charge in [-0.05, 0) is 23.1 Å². The average Bonchev–Trinajstić information content (AvgIpc) is 3.04. The van der Waals surface area contributed by atoms with Crippen molar-refractivity contribution in [2.75, 3.05) is 0 Å². The second-order valence-corrected chi connectivity index (χ2v) is 5.85. The van der Waals surface area contributed by atoms with Crippen molar-refractivity contribution in [2.24, 2.45) is 0 Å². The predicted molar refractivity (Wildman–Crippen MR) is 87.6 cm³/mol. The summed E-state index contributed by atoms with van der Waals surface area (Å²) in [6, 6.07) is 22.2. The lowest BCUT2D eigenvalue weighted by Crippen LogP contribution is -2.21. The van der Waals surface area contributed by atoms with Gasteiger partial charge in [0.15, 0.2) is 0 Å². The molecule has 2 nitrogen and oxygen atoms in total. The number of hydrogen-bond donors (Lipinski definition) is 2. The molecule has 3 aromatic rings. The summed E-state index contributed by atoms with van der Waals surface area (Å²) in [7, 11) is 0. The molecule has 1 aromatic heterocycles. The fourth-order valence-electron chi connectivity index (χ4n) is 2.36. The number of phenols is 1. The zero-order valence-corrected chi connectivity index (χ0v) is 12.4. The molecule has 2 aromatic carbocycles. The normalized spacial score (nSPS) is 12.2. The molecule has 0 amide bonds. The van der Waals surface area contributed by atoms with Crippen LogP contribution in [0.25, 0.3) is 0 Å². The molecule has 21 heavy (non-hydrogen) atoms. The molecule has 1 heterocycles. The molecule has 0 spiro atoms. The zero-order chi connectivity index (χ0) is 14.5. The molecule has 0 bridgehead atoms. The van der Waals surface area contributed by atoms with Crippen LogP contribution in [0.15, 0.2) is 72.1 Å². The van der Waals surface area contributed by atoms with Crippen molar-refractivity contribution in [3.8, 4) is 5.75 Å². The third-order valence-corrected chi connectivity index (χ3v) is 4.39. The zero-order valence-electron chi connectivity index (χ0n) is 11.6. The predicted octanol–water partition coefficient (Wildman–Crippen LogP) is 4.33. The van der Waals surface area contributed by atoms with Crippen molar-refractivity contribution >= 4 is 11.3 Å². The first-order chi connectivity index (χ1) is 10.3. The van der Waals surface area contributed by atoms with Gasteiger partial charge >= 0.3 is 0 Å². The largest absolute Gasteiger partial charge is 0.508 e. The smallest absolute Gasteiger partial charge is 0.120 e. The van der Waals surface area contributed by atoms with Crippen molar-refractivity contribution in [2.45, 2.75) is 12.6 Å². The van der Waals surface area contributed by atoms with Gasteiger partial charge in [0.2, 0.25) is 0 Å². The molecule has 0 aliphatic rings. The minimum atomic E-state index is 0.144. The van der Waals surface area contributed by atoms with E-state index in [1.807, 2.05) is 24.3 Å². The maximum absolute atomic E-state index is 9.89. The van der Waals surface area contributed by atoms with Crippen LogP contribution in [-0.2, 0) is 6.54 Å². The Morgan fingerprint density at radius 2 is 1.67 bits per heavy atom. The van der Waals surface area contributed by atoms with Crippen LogP contribution in [-0.4, -0.2) is 5.11 Å². The quantitative estimate of drug-likeness (QED) is 0.734. The Morgan fingerprint density at radius 1 is 0.905 bits per heavy atom. The topological polar surface area (TPSA) is 32.3 Å². The van der Waals surface area contributed by atoms with Gasteiger partial charge in [-0.1, -0.05) is 54.6 Å². The summed E-state index contributed by atoms with van der Waals surface area (Å²) in [5, 5.41) is 15.5. The summed E-state index contributed by atoms with van der Waals surface area (Å²) in [4.78, 5) is 1.27. The minimum Gasteiger partial charge on any atom is -0.508 e. The van der Waals surface area contributed by atoms with E-state index in [4.69, 9.17) is 0 Å². The highest BCUT2D eigenvalue weighted by molar-refractivity contribution is 7.10. The molecular weight excluding hydrogens is 278 g/mol. The van der Waals surface area contributed by atoms with Crippen molar-refractivity contribution in [1.29, 1.82) is 0 Å². The molecular formula is C18H17NOS. The summed E-state index contributed by atoms with van der Waals surface area (Å²) in [5.41, 5.74) is 2.14. The van der Waals surface area contributed by atoms with Crippen molar-refractivity contribution < 1.29 is 5.11 Å². The molecule has 0 saturated carbocycles. The molecule has 106 valence electrons. The highest BCUT2D eigenvalue weighted by Crippen LogP contribution is 2.27. The number of hydrogen-bond acceptors (Lipinski definition) is 3. The van der Waals surface area contributed by atoms with Gasteiger partial charge in [0, 0.05) is 17.0 Å². The number of phenolic OH excluding ortho intramolecular Hbond substituents is 1. The van der Waals surface area contributed by atoms with E-state index in [2.05, 4.69) is 47.1 Å². The van der Waals surface area contributed by atoms with Crippen LogP contribution in [0.4, 0.5) is 0 Å². The molecule has 2 N–H and O–H groups in total. The number of rotatable bonds is 5. The number of benzene rings is 2. The molecule has 0 radical (unpaired) electrons. The van der Waals surface area contributed by atoms with Crippen molar-refractivity contribution in [1.82, 2.24) is 5.32 Å². The van der Waals surface area contributed by atoms with Gasteiger partial charge < -0.3 is 10.4 Å². The van der Waals surface area contributed by atoms with E-state index in [0.717, 1.165) is 5.56 Å². The fourth-order valence-corrected chi connectivity index (χ4v) is 3.18. The lowest BCUT2D eigenvalue weighted by Gasteiger charge is -2.18. The molecule has 1 unspecified atom stereocenters. The standard InChI is InChI=1S/C18H17NOS/c20-16-10-5-4-9-15(16)13-19-18(17-11-6-12-21-17)14-7-2-1-3-8-14/h1-12,18-20H,13H2. The Bertz CT molecular complexity index is 679. The maximum Gasteiger partial charge on any atom is 0.120 e. The number of para-hydroxylation sites is 1. The summed E-state index contributed by atoms with van der Waals surface area (Å²) in [5.74, 6) is 0.336. The summed E-state index contributed by atoms with van der Waals surface area (Å²) >= 11 is 1.74. The highest BCUT2D eigenvalue weighted by Gasteiger charge is 2.14. The molecule has 0 saturated heterocycles. The Hall–Kier alpha value is -2.10. The van der Waals surface area contributed by atoms with E-state index in [9.17, 15) is 5.11 Å². The fraction of sp³-hybridized carbons (Fsp3) is 0.111. The van der Waals surface area contributed by atoms with Crippen molar-refractivity contribution in [3.63, 3.8) is 0 Å². The molecule has 0 aliphatic heterocycles. The van der Waals surface area contributed by atoms with Crippen LogP contribution >= 0.6 is 11.3 Å². The van der Waals surface area contributed by atoms with Gasteiger partial charge in [-0.3, -0.25) is 0 Å². The van der Waals surface area contributed by atoms with Crippen LogP contribution in [0.1, 0.15) is 22.0 Å². The SMILES string of the molecule is Oc1ccccc1CNC(c1ccccc1)c1cccs1. The van der Waals surface area contributed by atoms with Crippen molar-refractivity contribution in [3.05, 3.63) is 88.1 Å². The molecule has 0 aliphatic carbocycles. The van der Waals surface area contributed by atoms with Gasteiger partial charge in [-0.15, -0.1) is 11.3 Å². The van der Waals surface area contributed by atoms with Gasteiger partial charge in [0.1, 0.15) is 5.75 Å². The average molecular weight is 295 g/mol. The van der Waals surface area contributed by atoms with E-state index in [1.165, 1.54) is 10.4 Å². The van der Waals surface area contributed by atoms with E-state index in [-0.39, 0.29) is 6.04 Å². The molecule has 0 fully saturated rings. The second kappa shape index (κ2) is 6.57. The summed E-state index contributed by atoms with van der Waals surface area (Å²) in [6.07, 6.45) is 0. The van der Waals surface area contributed by atoms with Crippen LogP contribution in [0.5, 0.6) is 5.75 Å². The van der Waals surface area contributed by atoms with E-state index in [1.54, 1.807) is 17.4 Å². The van der Waals surface area contributed by atoms with Gasteiger partial charge in [-0.2, -0.15) is 0 Å². The van der Waals surface area contributed by atoms with Crippen LogP contribution in [0.3, 0.4) is 0 Å². The highest BCUT2D eigenvalue weighted by atomic mass is 32.1. The Morgan fingerprint density at radius 3 is 2.38 bits per heavy atom.